The number of hydrogen-bond acceptors (Lipinski definition) is 1. The van der Waals surface area contributed by atoms with Crippen LogP contribution < -0.4 is 0 Å². The molecule has 0 saturated heterocycles. The standard InChI is InChI=1S/C10H14BFO/c1-8-4-5-10(12)6-9(8)7-13-11(2)3/h4-6H,7H2,1-3H3. The fraction of sp³-hybridized carbons (Fsp3) is 0.400. The van der Waals surface area contributed by atoms with Gasteiger partial charge in [0.2, 0.25) is 0 Å². The van der Waals surface area contributed by atoms with Crippen molar-refractivity contribution in [2.45, 2.75) is 27.2 Å². The average molecular weight is 180 g/mol. The molecule has 0 saturated carbocycles. The fourth-order valence-corrected chi connectivity index (χ4v) is 1.05. The summed E-state index contributed by atoms with van der Waals surface area (Å²) in [6.45, 7) is 6.56. The second-order valence-electron chi connectivity index (χ2n) is 3.43. The van der Waals surface area contributed by atoms with E-state index in [2.05, 4.69) is 0 Å². The Hall–Kier alpha value is -0.825. The van der Waals surface area contributed by atoms with Crippen molar-refractivity contribution in [2.24, 2.45) is 0 Å². The van der Waals surface area contributed by atoms with Crippen LogP contribution in [-0.4, -0.2) is 6.92 Å². The van der Waals surface area contributed by atoms with Crippen molar-refractivity contribution in [3.63, 3.8) is 0 Å². The van der Waals surface area contributed by atoms with Crippen molar-refractivity contribution in [1.82, 2.24) is 0 Å². The van der Waals surface area contributed by atoms with E-state index in [1.807, 2.05) is 20.6 Å². The molecule has 0 N–H and O–H groups in total. The zero-order valence-electron chi connectivity index (χ0n) is 8.30. The van der Waals surface area contributed by atoms with Gasteiger partial charge in [-0.2, -0.15) is 0 Å². The van der Waals surface area contributed by atoms with Crippen molar-refractivity contribution in [1.29, 1.82) is 0 Å². The van der Waals surface area contributed by atoms with Crippen LogP contribution in [0.15, 0.2) is 18.2 Å². The summed E-state index contributed by atoms with van der Waals surface area (Å²) in [6, 6.07) is 4.76. The van der Waals surface area contributed by atoms with Crippen LogP contribution in [0.5, 0.6) is 0 Å². The summed E-state index contributed by atoms with van der Waals surface area (Å²) in [5.74, 6) is -0.201. The summed E-state index contributed by atoms with van der Waals surface area (Å²) in [5.41, 5.74) is 2.00. The number of benzene rings is 1. The summed E-state index contributed by atoms with van der Waals surface area (Å²) < 4.78 is 18.2. The molecule has 70 valence electrons. The van der Waals surface area contributed by atoms with E-state index in [4.69, 9.17) is 4.65 Å². The maximum Gasteiger partial charge on any atom is 0.287 e. The van der Waals surface area contributed by atoms with Gasteiger partial charge < -0.3 is 4.65 Å². The monoisotopic (exact) mass is 180 g/mol. The Morgan fingerprint density at radius 2 is 2.08 bits per heavy atom. The third kappa shape index (κ3) is 3.19. The quantitative estimate of drug-likeness (QED) is 0.649. The van der Waals surface area contributed by atoms with Crippen LogP contribution in [0.2, 0.25) is 13.6 Å². The summed E-state index contributed by atoms with van der Waals surface area (Å²) in [4.78, 5) is 0. The molecule has 0 aliphatic heterocycles. The van der Waals surface area contributed by atoms with Crippen LogP contribution in [0.1, 0.15) is 11.1 Å². The number of rotatable bonds is 3. The van der Waals surface area contributed by atoms with E-state index in [0.717, 1.165) is 11.1 Å². The molecule has 1 aromatic rings. The third-order valence-corrected chi connectivity index (χ3v) is 1.88. The largest absolute Gasteiger partial charge is 0.432 e. The number of aryl methyl sites for hydroxylation is 1. The van der Waals surface area contributed by atoms with Gasteiger partial charge in [-0.15, -0.1) is 0 Å². The second-order valence-corrected chi connectivity index (χ2v) is 3.43. The van der Waals surface area contributed by atoms with Crippen LogP contribution in [0.3, 0.4) is 0 Å². The third-order valence-electron chi connectivity index (χ3n) is 1.88. The van der Waals surface area contributed by atoms with Crippen LogP contribution in [0.4, 0.5) is 4.39 Å². The molecular formula is C10H14BFO. The van der Waals surface area contributed by atoms with Crippen molar-refractivity contribution < 1.29 is 9.04 Å². The normalized spacial score (nSPS) is 10.2. The fourth-order valence-electron chi connectivity index (χ4n) is 1.05. The molecule has 1 rings (SSSR count). The molecule has 0 aliphatic rings. The molecule has 3 heteroatoms. The minimum atomic E-state index is -0.201. The number of hydrogen-bond donors (Lipinski definition) is 0. The Morgan fingerprint density at radius 1 is 1.38 bits per heavy atom. The Kier molecular flexibility index (Phi) is 3.49. The van der Waals surface area contributed by atoms with Gasteiger partial charge in [0.25, 0.3) is 6.92 Å². The Labute approximate surface area is 79.0 Å². The molecule has 1 nitrogen and oxygen atoms in total. The van der Waals surface area contributed by atoms with E-state index < -0.39 is 0 Å². The first kappa shape index (κ1) is 10.3. The van der Waals surface area contributed by atoms with Crippen molar-refractivity contribution >= 4 is 6.92 Å². The topological polar surface area (TPSA) is 9.23 Å². The highest BCUT2D eigenvalue weighted by molar-refractivity contribution is 6.48. The lowest BCUT2D eigenvalue weighted by molar-refractivity contribution is 0.313. The van der Waals surface area contributed by atoms with Crippen molar-refractivity contribution in [2.75, 3.05) is 0 Å². The van der Waals surface area contributed by atoms with Gasteiger partial charge in [-0.1, -0.05) is 19.7 Å². The Morgan fingerprint density at radius 3 is 2.69 bits per heavy atom. The highest BCUT2D eigenvalue weighted by Crippen LogP contribution is 2.11. The molecule has 0 unspecified atom stereocenters. The van der Waals surface area contributed by atoms with Crippen LogP contribution in [0.25, 0.3) is 0 Å². The Bertz CT molecular complexity index is 286. The molecule has 0 aromatic heterocycles. The van der Waals surface area contributed by atoms with E-state index in [-0.39, 0.29) is 12.7 Å². The minimum absolute atomic E-state index is 0.183. The molecule has 0 spiro atoms. The first-order valence-corrected chi connectivity index (χ1v) is 4.46. The molecule has 0 amide bonds. The van der Waals surface area contributed by atoms with Crippen LogP contribution in [0, 0.1) is 12.7 Å². The zero-order chi connectivity index (χ0) is 9.84. The number of halogens is 1. The molecule has 0 atom stereocenters. The van der Waals surface area contributed by atoms with Gasteiger partial charge in [0.1, 0.15) is 5.82 Å². The lowest BCUT2D eigenvalue weighted by Crippen LogP contribution is -2.08. The van der Waals surface area contributed by atoms with Gasteiger partial charge >= 0.3 is 0 Å². The molecule has 0 aliphatic carbocycles. The average Bonchev–Trinajstić information content (AvgIpc) is 2.06. The molecule has 13 heavy (non-hydrogen) atoms. The van der Waals surface area contributed by atoms with Crippen LogP contribution in [-0.2, 0) is 11.3 Å². The van der Waals surface area contributed by atoms with E-state index in [0.29, 0.717) is 6.61 Å². The molecular weight excluding hydrogens is 166 g/mol. The van der Waals surface area contributed by atoms with Crippen LogP contribution >= 0.6 is 0 Å². The van der Waals surface area contributed by atoms with Crippen molar-refractivity contribution in [3.05, 3.63) is 35.1 Å². The van der Waals surface area contributed by atoms with Gasteiger partial charge in [0.05, 0.1) is 6.61 Å². The maximum absolute atomic E-state index is 12.8. The van der Waals surface area contributed by atoms with E-state index >= 15 is 0 Å². The van der Waals surface area contributed by atoms with Gasteiger partial charge in [-0.3, -0.25) is 0 Å². The molecule has 1 aromatic carbocycles. The maximum atomic E-state index is 12.8. The van der Waals surface area contributed by atoms with Gasteiger partial charge in [0.15, 0.2) is 0 Å². The van der Waals surface area contributed by atoms with E-state index in [1.54, 1.807) is 6.07 Å². The molecule has 0 heterocycles. The predicted molar refractivity (Wildman–Crippen MR) is 53.4 cm³/mol. The highest BCUT2D eigenvalue weighted by Gasteiger charge is 2.03. The first-order chi connectivity index (χ1) is 6.09. The lowest BCUT2D eigenvalue weighted by atomic mass is 9.75. The lowest BCUT2D eigenvalue weighted by Gasteiger charge is -2.08. The summed E-state index contributed by atoms with van der Waals surface area (Å²) in [7, 11) is 0. The predicted octanol–water partition coefficient (Wildman–Crippen LogP) is 2.90. The zero-order valence-corrected chi connectivity index (χ0v) is 8.30. The van der Waals surface area contributed by atoms with E-state index in [9.17, 15) is 4.39 Å². The highest BCUT2D eigenvalue weighted by atomic mass is 19.1. The first-order valence-electron chi connectivity index (χ1n) is 4.46. The summed E-state index contributed by atoms with van der Waals surface area (Å²) >= 11 is 0. The SMILES string of the molecule is CB(C)OCc1cc(F)ccc1C. The smallest absolute Gasteiger partial charge is 0.287 e. The second kappa shape index (κ2) is 4.42. The molecule has 0 radical (unpaired) electrons. The van der Waals surface area contributed by atoms with Crippen molar-refractivity contribution in [3.8, 4) is 0 Å². The van der Waals surface area contributed by atoms with E-state index in [1.165, 1.54) is 12.1 Å². The Balaban J connectivity index is 2.70. The summed E-state index contributed by atoms with van der Waals surface area (Å²) in [6.07, 6.45) is 0. The van der Waals surface area contributed by atoms with Gasteiger partial charge in [0, 0.05) is 0 Å². The molecule has 0 fully saturated rings. The van der Waals surface area contributed by atoms with Gasteiger partial charge in [-0.25, -0.2) is 4.39 Å². The van der Waals surface area contributed by atoms with Gasteiger partial charge in [-0.05, 0) is 30.2 Å². The molecule has 0 bridgehead atoms. The summed E-state index contributed by atoms with van der Waals surface area (Å²) in [5, 5.41) is 0. The minimum Gasteiger partial charge on any atom is -0.432 e.